The molecule has 0 radical (unpaired) electrons. The summed E-state index contributed by atoms with van der Waals surface area (Å²) >= 11 is 7.19. The Bertz CT molecular complexity index is 770. The van der Waals surface area contributed by atoms with Crippen molar-refractivity contribution < 1.29 is 0 Å². The number of nitrogens with two attached hydrogens (primary N) is 1. The van der Waals surface area contributed by atoms with Crippen molar-refractivity contribution in [2.75, 3.05) is 5.73 Å². The molecule has 0 amide bonds. The van der Waals surface area contributed by atoms with E-state index in [2.05, 4.69) is 73.7 Å². The lowest BCUT2D eigenvalue weighted by molar-refractivity contribution is 0.802. The zero-order chi connectivity index (χ0) is 14.3. The summed E-state index contributed by atoms with van der Waals surface area (Å²) in [7, 11) is 0. The fraction of sp³-hybridized carbons (Fsp3) is 0.125. The van der Waals surface area contributed by atoms with Gasteiger partial charge in [-0.25, -0.2) is 0 Å². The molecule has 0 unspecified atom stereocenters. The first-order valence-electron chi connectivity index (χ1n) is 6.34. The Hall–Kier alpha value is -1.26. The number of para-hydroxylation sites is 1. The number of hydrogen-bond acceptors (Lipinski definition) is 1. The minimum absolute atomic E-state index is 0.780. The van der Waals surface area contributed by atoms with E-state index in [1.165, 1.54) is 22.2 Å². The molecular formula is C16H14Br2N2. The Labute approximate surface area is 134 Å². The summed E-state index contributed by atoms with van der Waals surface area (Å²) in [6, 6.07) is 14.5. The van der Waals surface area contributed by atoms with E-state index in [4.69, 9.17) is 5.73 Å². The molecule has 3 aromatic rings. The largest absolute Gasteiger partial charge is 0.399 e. The van der Waals surface area contributed by atoms with Gasteiger partial charge in [0.15, 0.2) is 0 Å². The van der Waals surface area contributed by atoms with Crippen molar-refractivity contribution in [3.05, 3.63) is 62.7 Å². The van der Waals surface area contributed by atoms with Crippen LogP contribution in [-0.2, 0) is 6.54 Å². The van der Waals surface area contributed by atoms with Crippen LogP contribution in [0.15, 0.2) is 51.4 Å². The van der Waals surface area contributed by atoms with Crippen LogP contribution >= 0.6 is 31.9 Å². The van der Waals surface area contributed by atoms with E-state index < -0.39 is 0 Å². The average molecular weight is 394 g/mol. The van der Waals surface area contributed by atoms with Crippen molar-refractivity contribution in [2.45, 2.75) is 13.5 Å². The number of hydrogen-bond donors (Lipinski definition) is 1. The van der Waals surface area contributed by atoms with Crippen LogP contribution in [0.25, 0.3) is 10.9 Å². The Kier molecular flexibility index (Phi) is 3.61. The number of rotatable bonds is 2. The predicted molar refractivity (Wildman–Crippen MR) is 92.0 cm³/mol. The Morgan fingerprint density at radius 1 is 1.10 bits per heavy atom. The molecule has 4 heteroatoms. The minimum Gasteiger partial charge on any atom is -0.399 e. The Morgan fingerprint density at radius 2 is 1.85 bits per heavy atom. The van der Waals surface area contributed by atoms with E-state index >= 15 is 0 Å². The number of nitrogens with zero attached hydrogens (tertiary/aromatic N) is 1. The summed E-state index contributed by atoms with van der Waals surface area (Å²) in [5.74, 6) is 0. The second kappa shape index (κ2) is 5.26. The maximum absolute atomic E-state index is 5.92. The molecule has 102 valence electrons. The highest BCUT2D eigenvalue weighted by atomic mass is 79.9. The molecule has 2 nitrogen and oxygen atoms in total. The Balaban J connectivity index is 2.13. The summed E-state index contributed by atoms with van der Waals surface area (Å²) in [4.78, 5) is 0. The zero-order valence-corrected chi connectivity index (χ0v) is 14.2. The molecule has 0 aliphatic carbocycles. The molecule has 1 aromatic heterocycles. The van der Waals surface area contributed by atoms with Crippen molar-refractivity contribution in [1.29, 1.82) is 0 Å². The smallest absolute Gasteiger partial charge is 0.0497 e. The van der Waals surface area contributed by atoms with E-state index in [1.807, 2.05) is 12.1 Å². The molecule has 0 bridgehead atoms. The number of fused-ring (bicyclic) bond motifs is 1. The molecule has 3 rings (SSSR count). The lowest BCUT2D eigenvalue weighted by Crippen LogP contribution is -2.02. The highest BCUT2D eigenvalue weighted by Crippen LogP contribution is 2.31. The fourth-order valence-corrected chi connectivity index (χ4v) is 3.65. The fourth-order valence-electron chi connectivity index (χ4n) is 2.54. The topological polar surface area (TPSA) is 30.9 Å². The van der Waals surface area contributed by atoms with Crippen LogP contribution in [-0.4, -0.2) is 4.57 Å². The van der Waals surface area contributed by atoms with E-state index in [0.717, 1.165) is 21.2 Å². The van der Waals surface area contributed by atoms with Crippen molar-refractivity contribution in [3.63, 3.8) is 0 Å². The number of aromatic nitrogens is 1. The van der Waals surface area contributed by atoms with Crippen LogP contribution in [0.3, 0.4) is 0 Å². The molecular weight excluding hydrogens is 380 g/mol. The van der Waals surface area contributed by atoms with Gasteiger partial charge in [0.05, 0.1) is 0 Å². The third-order valence-electron chi connectivity index (χ3n) is 3.47. The van der Waals surface area contributed by atoms with E-state index in [-0.39, 0.29) is 0 Å². The number of benzene rings is 2. The minimum atomic E-state index is 0.780. The zero-order valence-electron chi connectivity index (χ0n) is 11.0. The normalized spacial score (nSPS) is 11.2. The molecule has 0 fully saturated rings. The third kappa shape index (κ3) is 2.38. The molecule has 2 N–H and O–H groups in total. The Morgan fingerprint density at radius 3 is 2.60 bits per heavy atom. The van der Waals surface area contributed by atoms with Crippen LogP contribution in [0.1, 0.15) is 11.3 Å². The van der Waals surface area contributed by atoms with Gasteiger partial charge >= 0.3 is 0 Å². The van der Waals surface area contributed by atoms with Crippen molar-refractivity contribution >= 4 is 48.5 Å². The van der Waals surface area contributed by atoms with Crippen LogP contribution < -0.4 is 5.73 Å². The molecule has 2 aromatic carbocycles. The standard InChI is InChI=1S/C16H14Br2N2/c1-10-16(18)14-4-2-3-5-15(14)20(10)9-11-6-12(17)8-13(19)7-11/h2-8H,9,19H2,1H3. The predicted octanol–water partition coefficient (Wildman–Crippen LogP) is 5.11. The van der Waals surface area contributed by atoms with Crippen molar-refractivity contribution in [1.82, 2.24) is 4.57 Å². The molecule has 0 saturated heterocycles. The van der Waals surface area contributed by atoms with Crippen LogP contribution in [0.4, 0.5) is 5.69 Å². The van der Waals surface area contributed by atoms with Gasteiger partial charge < -0.3 is 10.3 Å². The van der Waals surface area contributed by atoms with Gasteiger partial charge in [0.25, 0.3) is 0 Å². The highest BCUT2D eigenvalue weighted by Gasteiger charge is 2.11. The average Bonchev–Trinajstić information content (AvgIpc) is 2.64. The number of halogens is 2. The third-order valence-corrected chi connectivity index (χ3v) is 4.93. The van der Waals surface area contributed by atoms with E-state index in [0.29, 0.717) is 0 Å². The molecule has 0 saturated carbocycles. The van der Waals surface area contributed by atoms with Gasteiger partial charge in [0.1, 0.15) is 0 Å². The first-order valence-corrected chi connectivity index (χ1v) is 7.93. The number of anilines is 1. The summed E-state index contributed by atoms with van der Waals surface area (Å²) in [5, 5.41) is 1.24. The molecule has 0 spiro atoms. The van der Waals surface area contributed by atoms with Gasteiger partial charge in [0, 0.05) is 37.8 Å². The van der Waals surface area contributed by atoms with Crippen molar-refractivity contribution in [2.24, 2.45) is 0 Å². The second-order valence-electron chi connectivity index (χ2n) is 4.90. The monoisotopic (exact) mass is 392 g/mol. The quantitative estimate of drug-likeness (QED) is 0.603. The van der Waals surface area contributed by atoms with Crippen molar-refractivity contribution in [3.8, 4) is 0 Å². The SMILES string of the molecule is Cc1c(Br)c2ccccc2n1Cc1cc(N)cc(Br)c1. The van der Waals surface area contributed by atoms with Gasteiger partial charge in [0.2, 0.25) is 0 Å². The molecule has 0 aliphatic heterocycles. The van der Waals surface area contributed by atoms with Crippen LogP contribution in [0, 0.1) is 6.92 Å². The van der Waals surface area contributed by atoms with Crippen LogP contribution in [0.5, 0.6) is 0 Å². The van der Waals surface area contributed by atoms with Crippen LogP contribution in [0.2, 0.25) is 0 Å². The first kappa shape index (κ1) is 13.7. The van der Waals surface area contributed by atoms with Gasteiger partial charge in [-0.05, 0) is 52.7 Å². The molecule has 1 heterocycles. The van der Waals surface area contributed by atoms with Gasteiger partial charge in [-0.15, -0.1) is 0 Å². The van der Waals surface area contributed by atoms with Gasteiger partial charge in [-0.1, -0.05) is 34.1 Å². The number of nitrogen functional groups attached to an aromatic ring is 1. The summed E-state index contributed by atoms with van der Waals surface area (Å²) < 4.78 is 4.48. The molecule has 0 aliphatic rings. The second-order valence-corrected chi connectivity index (χ2v) is 6.60. The molecule has 0 atom stereocenters. The summed E-state index contributed by atoms with van der Waals surface area (Å²) in [5.41, 5.74) is 10.3. The van der Waals surface area contributed by atoms with E-state index in [1.54, 1.807) is 0 Å². The maximum Gasteiger partial charge on any atom is 0.0497 e. The lowest BCUT2D eigenvalue weighted by Gasteiger charge is -2.10. The maximum atomic E-state index is 5.92. The lowest BCUT2D eigenvalue weighted by atomic mass is 10.2. The van der Waals surface area contributed by atoms with Gasteiger partial charge in [-0.3, -0.25) is 0 Å². The van der Waals surface area contributed by atoms with Gasteiger partial charge in [-0.2, -0.15) is 0 Å². The highest BCUT2D eigenvalue weighted by molar-refractivity contribution is 9.11. The molecule has 20 heavy (non-hydrogen) atoms. The summed E-state index contributed by atoms with van der Waals surface area (Å²) in [6.07, 6.45) is 0. The first-order chi connectivity index (χ1) is 9.56. The van der Waals surface area contributed by atoms with E-state index in [9.17, 15) is 0 Å². The summed E-state index contributed by atoms with van der Waals surface area (Å²) in [6.45, 7) is 2.94.